The number of rotatable bonds is 8. The van der Waals surface area contributed by atoms with Crippen LogP contribution in [0.15, 0.2) is 59.7 Å². The molecule has 170 valence electrons. The maximum Gasteiger partial charge on any atom is 0.185 e. The van der Waals surface area contributed by atoms with E-state index in [2.05, 4.69) is 105 Å². The fraction of sp³-hybridized carbons (Fsp3) is 0.414. The maximum atomic E-state index is 13.3. The zero-order valence-corrected chi connectivity index (χ0v) is 20.4. The second-order valence-electron chi connectivity index (χ2n) is 8.57. The highest BCUT2D eigenvalue weighted by Gasteiger charge is 2.26. The Morgan fingerprint density at radius 1 is 0.750 bits per heavy atom. The van der Waals surface area contributed by atoms with Crippen molar-refractivity contribution in [1.82, 2.24) is 0 Å². The molecule has 0 aliphatic heterocycles. The fourth-order valence-corrected chi connectivity index (χ4v) is 4.52. The van der Waals surface area contributed by atoms with Gasteiger partial charge in [-0.15, -0.1) is 0 Å². The van der Waals surface area contributed by atoms with Gasteiger partial charge in [-0.25, -0.2) is 0 Å². The molecule has 2 aromatic rings. The Bertz CT molecular complexity index is 946. The molecule has 1 aliphatic rings. The van der Waals surface area contributed by atoms with Crippen LogP contribution in [-0.2, 0) is 4.79 Å². The number of benzene rings is 2. The molecule has 1 aliphatic carbocycles. The third-order valence-electron chi connectivity index (χ3n) is 6.64. The Morgan fingerprint density at radius 3 is 1.62 bits per heavy atom. The van der Waals surface area contributed by atoms with Crippen molar-refractivity contribution in [3.8, 4) is 0 Å². The summed E-state index contributed by atoms with van der Waals surface area (Å²) in [6, 6.07) is 17.1. The van der Waals surface area contributed by atoms with Crippen molar-refractivity contribution in [3.05, 3.63) is 70.8 Å². The third-order valence-corrected chi connectivity index (χ3v) is 6.64. The molecule has 0 amide bonds. The van der Waals surface area contributed by atoms with E-state index in [-0.39, 0.29) is 11.7 Å². The minimum absolute atomic E-state index is 0.199. The number of allylic oxidation sites excluding steroid dienone is 2. The molecular weight excluding hydrogens is 392 g/mol. The Labute approximate surface area is 194 Å². The zero-order valence-electron chi connectivity index (χ0n) is 20.4. The highest BCUT2D eigenvalue weighted by Crippen LogP contribution is 2.33. The van der Waals surface area contributed by atoms with Gasteiger partial charge in [-0.05, 0) is 94.0 Å². The molecule has 32 heavy (non-hydrogen) atoms. The molecule has 0 radical (unpaired) electrons. The van der Waals surface area contributed by atoms with Gasteiger partial charge in [0.15, 0.2) is 5.78 Å². The van der Waals surface area contributed by atoms with Crippen LogP contribution >= 0.6 is 0 Å². The first kappa shape index (κ1) is 23.8. The molecule has 1 saturated carbocycles. The van der Waals surface area contributed by atoms with E-state index in [1.165, 1.54) is 11.4 Å². The van der Waals surface area contributed by atoms with Crippen LogP contribution in [0.2, 0.25) is 0 Å². The molecule has 3 heteroatoms. The Kier molecular flexibility index (Phi) is 8.33. The van der Waals surface area contributed by atoms with Gasteiger partial charge in [0.1, 0.15) is 0 Å². The number of ketones is 1. The number of nitrogens with zero attached hydrogens (tertiary/aromatic N) is 2. The van der Waals surface area contributed by atoms with Crippen molar-refractivity contribution in [2.24, 2.45) is 5.92 Å². The SMILES string of the molecule is CCN(CC)c1ccc(C=C2CCC(C)C(=Cc3ccc(N(CC)CC)cc3)C2=O)cc1. The van der Waals surface area contributed by atoms with Crippen LogP contribution in [0.1, 0.15) is 58.6 Å². The lowest BCUT2D eigenvalue weighted by Gasteiger charge is -2.24. The van der Waals surface area contributed by atoms with E-state index in [4.69, 9.17) is 0 Å². The fourth-order valence-electron chi connectivity index (χ4n) is 4.52. The second kappa shape index (κ2) is 11.2. The van der Waals surface area contributed by atoms with Crippen molar-refractivity contribution < 1.29 is 4.79 Å². The minimum Gasteiger partial charge on any atom is -0.372 e. The number of hydrogen-bond donors (Lipinski definition) is 0. The van der Waals surface area contributed by atoms with E-state index in [1.54, 1.807) is 0 Å². The Hall–Kier alpha value is -2.81. The first-order valence-corrected chi connectivity index (χ1v) is 12.2. The summed E-state index contributed by atoms with van der Waals surface area (Å²) in [7, 11) is 0. The monoisotopic (exact) mass is 430 g/mol. The normalized spacial score (nSPS) is 18.9. The molecule has 0 aromatic heterocycles. The summed E-state index contributed by atoms with van der Waals surface area (Å²) >= 11 is 0. The van der Waals surface area contributed by atoms with Gasteiger partial charge in [0, 0.05) is 48.7 Å². The van der Waals surface area contributed by atoms with Crippen molar-refractivity contribution in [2.45, 2.75) is 47.5 Å². The second-order valence-corrected chi connectivity index (χ2v) is 8.57. The van der Waals surface area contributed by atoms with E-state index < -0.39 is 0 Å². The van der Waals surface area contributed by atoms with Gasteiger partial charge in [0.2, 0.25) is 0 Å². The molecule has 0 N–H and O–H groups in total. The number of carbonyl (C=O) groups excluding carboxylic acids is 1. The largest absolute Gasteiger partial charge is 0.372 e. The van der Waals surface area contributed by atoms with Crippen LogP contribution in [0.25, 0.3) is 12.2 Å². The van der Waals surface area contributed by atoms with Crippen molar-refractivity contribution >= 4 is 29.3 Å². The van der Waals surface area contributed by atoms with Gasteiger partial charge in [-0.1, -0.05) is 31.2 Å². The van der Waals surface area contributed by atoms with Crippen molar-refractivity contribution in [2.75, 3.05) is 36.0 Å². The summed E-state index contributed by atoms with van der Waals surface area (Å²) in [5.41, 5.74) is 6.51. The summed E-state index contributed by atoms with van der Waals surface area (Å²) in [6.45, 7) is 14.9. The summed E-state index contributed by atoms with van der Waals surface area (Å²) in [4.78, 5) is 18.0. The molecule has 1 unspecified atom stereocenters. The third kappa shape index (κ3) is 5.51. The van der Waals surface area contributed by atoms with Gasteiger partial charge in [-0.2, -0.15) is 0 Å². The minimum atomic E-state index is 0.199. The molecule has 0 spiro atoms. The van der Waals surface area contributed by atoms with Crippen LogP contribution in [0.4, 0.5) is 11.4 Å². The van der Waals surface area contributed by atoms with E-state index in [0.717, 1.165) is 61.3 Å². The lowest BCUT2D eigenvalue weighted by atomic mass is 9.80. The summed E-state index contributed by atoms with van der Waals surface area (Å²) < 4.78 is 0. The van der Waals surface area contributed by atoms with Crippen LogP contribution in [0.5, 0.6) is 0 Å². The van der Waals surface area contributed by atoms with Gasteiger partial charge >= 0.3 is 0 Å². The predicted molar refractivity (Wildman–Crippen MR) is 139 cm³/mol. The number of hydrogen-bond acceptors (Lipinski definition) is 3. The summed E-state index contributed by atoms with van der Waals surface area (Å²) in [5.74, 6) is 0.483. The van der Waals surface area contributed by atoms with Gasteiger partial charge in [0.05, 0.1) is 0 Å². The van der Waals surface area contributed by atoms with E-state index in [1.807, 2.05) is 0 Å². The highest BCUT2D eigenvalue weighted by atomic mass is 16.1. The topological polar surface area (TPSA) is 23.6 Å². The smallest absolute Gasteiger partial charge is 0.185 e. The van der Waals surface area contributed by atoms with Crippen LogP contribution in [-0.4, -0.2) is 32.0 Å². The highest BCUT2D eigenvalue weighted by molar-refractivity contribution is 6.14. The molecule has 1 fully saturated rings. The van der Waals surface area contributed by atoms with Crippen LogP contribution in [0, 0.1) is 5.92 Å². The Morgan fingerprint density at radius 2 is 1.19 bits per heavy atom. The molecule has 0 bridgehead atoms. The van der Waals surface area contributed by atoms with E-state index in [9.17, 15) is 4.79 Å². The standard InChI is InChI=1S/C29H38N2O/c1-6-30(7-2)26-16-11-23(12-17-26)20-25-15-10-22(5)28(29(25)32)21-24-13-18-27(19-14-24)31(8-3)9-4/h11-14,16-22H,6-10,15H2,1-5H3. The molecular formula is C29H38N2O. The average molecular weight is 431 g/mol. The summed E-state index contributed by atoms with van der Waals surface area (Å²) in [6.07, 6.45) is 6.03. The lowest BCUT2D eigenvalue weighted by molar-refractivity contribution is -0.113. The van der Waals surface area contributed by atoms with Gasteiger partial charge < -0.3 is 9.80 Å². The molecule has 3 rings (SSSR count). The molecule has 0 heterocycles. The molecule has 0 saturated heterocycles. The Balaban J connectivity index is 1.81. The van der Waals surface area contributed by atoms with E-state index in [0.29, 0.717) is 0 Å². The molecule has 3 nitrogen and oxygen atoms in total. The van der Waals surface area contributed by atoms with Gasteiger partial charge in [-0.3, -0.25) is 4.79 Å². The average Bonchev–Trinajstić information content (AvgIpc) is 2.82. The lowest BCUT2D eigenvalue weighted by Crippen LogP contribution is -2.21. The van der Waals surface area contributed by atoms with Crippen LogP contribution in [0.3, 0.4) is 0 Å². The van der Waals surface area contributed by atoms with Gasteiger partial charge in [0.25, 0.3) is 0 Å². The van der Waals surface area contributed by atoms with E-state index >= 15 is 0 Å². The first-order valence-electron chi connectivity index (χ1n) is 12.2. The molecule has 2 aromatic carbocycles. The van der Waals surface area contributed by atoms with Crippen molar-refractivity contribution in [1.29, 1.82) is 0 Å². The molecule has 1 atom stereocenters. The number of anilines is 2. The predicted octanol–water partition coefficient (Wildman–Crippen LogP) is 6.85. The summed E-state index contributed by atoms with van der Waals surface area (Å²) in [5, 5.41) is 0. The quantitative estimate of drug-likeness (QED) is 0.428. The van der Waals surface area contributed by atoms with Crippen molar-refractivity contribution in [3.63, 3.8) is 0 Å². The van der Waals surface area contributed by atoms with Crippen LogP contribution < -0.4 is 9.80 Å². The maximum absolute atomic E-state index is 13.3. The first-order chi connectivity index (χ1) is 15.5. The zero-order chi connectivity index (χ0) is 23.1. The number of carbonyl (C=O) groups is 1. The number of Topliss-reactive ketones (excluding diaryl/α,β-unsaturated/α-hetero) is 1.